The maximum atomic E-state index is 12.4. The van der Waals surface area contributed by atoms with Gasteiger partial charge in [-0.2, -0.15) is 13.2 Å². The van der Waals surface area contributed by atoms with Crippen LogP contribution in [0.2, 0.25) is 0 Å². The summed E-state index contributed by atoms with van der Waals surface area (Å²) < 4.78 is 37.1. The molecule has 0 saturated heterocycles. The lowest BCUT2D eigenvalue weighted by Gasteiger charge is -2.27. The quantitative estimate of drug-likeness (QED) is 0.765. The van der Waals surface area contributed by atoms with Crippen LogP contribution in [0, 0.1) is 0 Å². The van der Waals surface area contributed by atoms with Crippen molar-refractivity contribution < 1.29 is 13.2 Å². The predicted octanol–water partition coefficient (Wildman–Crippen LogP) is 3.83. The summed E-state index contributed by atoms with van der Waals surface area (Å²) in [4.78, 5) is 5.55. The average Bonchev–Trinajstić information content (AvgIpc) is 2.72. The van der Waals surface area contributed by atoms with Crippen molar-refractivity contribution in [1.82, 2.24) is 9.88 Å². The Morgan fingerprint density at radius 2 is 2.18 bits per heavy atom. The molecule has 1 unspecified atom stereocenters. The van der Waals surface area contributed by atoms with Gasteiger partial charge in [0.1, 0.15) is 5.01 Å². The smallest absolute Gasteiger partial charge is 0.286 e. The summed E-state index contributed by atoms with van der Waals surface area (Å²) in [5, 5.41) is 2.45. The molecule has 1 aromatic heterocycles. The molecule has 0 amide bonds. The van der Waals surface area contributed by atoms with Gasteiger partial charge in [-0.1, -0.05) is 6.92 Å². The highest BCUT2D eigenvalue weighted by atomic mass is 35.5. The molecule has 1 atom stereocenters. The monoisotopic (exact) mass is 286 g/mol. The Labute approximate surface area is 107 Å². The third kappa shape index (κ3) is 4.44. The first-order valence-corrected chi connectivity index (χ1v) is 6.59. The number of rotatable bonds is 5. The maximum absolute atomic E-state index is 12.4. The molecule has 1 rings (SSSR count). The molecule has 1 aromatic rings. The zero-order valence-corrected chi connectivity index (χ0v) is 11.2. The Hall–Kier alpha value is -0.330. The van der Waals surface area contributed by atoms with Crippen molar-refractivity contribution in [1.29, 1.82) is 0 Å². The van der Waals surface area contributed by atoms with Gasteiger partial charge in [0, 0.05) is 5.38 Å². The molecular weight excluding hydrogens is 273 g/mol. The Morgan fingerprint density at radius 3 is 2.59 bits per heavy atom. The molecule has 0 bridgehead atoms. The number of alkyl halides is 4. The first kappa shape index (κ1) is 14.7. The number of halogens is 4. The molecule has 0 aliphatic carbocycles. The van der Waals surface area contributed by atoms with Crippen molar-refractivity contribution in [3.8, 4) is 0 Å². The maximum Gasteiger partial charge on any atom is 0.401 e. The first-order valence-electron chi connectivity index (χ1n) is 5.18. The van der Waals surface area contributed by atoms with Gasteiger partial charge in [-0.15, -0.1) is 22.9 Å². The summed E-state index contributed by atoms with van der Waals surface area (Å²) in [7, 11) is 0. The molecule has 1 heterocycles. The van der Waals surface area contributed by atoms with E-state index in [1.54, 1.807) is 19.2 Å². The molecule has 7 heteroatoms. The van der Waals surface area contributed by atoms with Gasteiger partial charge >= 0.3 is 6.18 Å². The van der Waals surface area contributed by atoms with E-state index in [2.05, 4.69) is 4.98 Å². The lowest BCUT2D eigenvalue weighted by Crippen LogP contribution is -2.36. The summed E-state index contributed by atoms with van der Waals surface area (Å²) in [6.45, 7) is 2.85. The number of hydrogen-bond donors (Lipinski definition) is 0. The third-order valence-corrected chi connectivity index (χ3v) is 3.74. The highest BCUT2D eigenvalue weighted by Crippen LogP contribution is 2.27. The molecule has 17 heavy (non-hydrogen) atoms. The number of thiazole rings is 1. The summed E-state index contributed by atoms with van der Waals surface area (Å²) >= 11 is 6.96. The summed E-state index contributed by atoms with van der Waals surface area (Å²) in [5.74, 6) is 0.286. The van der Waals surface area contributed by atoms with Crippen molar-refractivity contribution in [2.24, 2.45) is 0 Å². The van der Waals surface area contributed by atoms with Crippen LogP contribution >= 0.6 is 22.9 Å². The topological polar surface area (TPSA) is 16.1 Å². The van der Waals surface area contributed by atoms with Crippen LogP contribution < -0.4 is 0 Å². The highest BCUT2D eigenvalue weighted by Gasteiger charge is 2.33. The van der Waals surface area contributed by atoms with E-state index in [1.807, 2.05) is 0 Å². The van der Waals surface area contributed by atoms with E-state index in [4.69, 9.17) is 11.6 Å². The van der Waals surface area contributed by atoms with Crippen molar-refractivity contribution >= 4 is 22.9 Å². The van der Waals surface area contributed by atoms with E-state index in [1.165, 1.54) is 16.2 Å². The molecular formula is C10H14ClF3N2S. The van der Waals surface area contributed by atoms with Gasteiger partial charge < -0.3 is 0 Å². The van der Waals surface area contributed by atoms with Crippen LogP contribution in [0.5, 0.6) is 0 Å². The number of hydrogen-bond acceptors (Lipinski definition) is 3. The van der Waals surface area contributed by atoms with Crippen LogP contribution in [-0.4, -0.2) is 29.1 Å². The molecule has 0 aromatic carbocycles. The van der Waals surface area contributed by atoms with Crippen molar-refractivity contribution in [3.63, 3.8) is 0 Å². The van der Waals surface area contributed by atoms with Crippen LogP contribution in [-0.2, 0) is 5.88 Å². The van der Waals surface area contributed by atoms with E-state index in [-0.39, 0.29) is 11.9 Å². The van der Waals surface area contributed by atoms with Gasteiger partial charge in [0.25, 0.3) is 0 Å². The van der Waals surface area contributed by atoms with Crippen LogP contribution in [0.25, 0.3) is 0 Å². The molecule has 0 saturated carbocycles. The van der Waals surface area contributed by atoms with Crippen LogP contribution in [0.15, 0.2) is 5.38 Å². The van der Waals surface area contributed by atoms with Gasteiger partial charge in [0.2, 0.25) is 0 Å². The Bertz CT molecular complexity index is 354. The van der Waals surface area contributed by atoms with Gasteiger partial charge in [0.15, 0.2) is 0 Å². The second kappa shape index (κ2) is 6.02. The molecule has 0 spiro atoms. The minimum Gasteiger partial charge on any atom is -0.286 e. The molecule has 0 fully saturated rings. The highest BCUT2D eigenvalue weighted by molar-refractivity contribution is 7.09. The zero-order chi connectivity index (χ0) is 13.1. The third-order valence-electron chi connectivity index (χ3n) is 2.40. The first-order chi connectivity index (χ1) is 7.87. The number of aromatic nitrogens is 1. The zero-order valence-electron chi connectivity index (χ0n) is 9.59. The minimum absolute atomic E-state index is 0.286. The van der Waals surface area contributed by atoms with Crippen LogP contribution in [0.3, 0.4) is 0 Å². The second-order valence-corrected chi connectivity index (χ2v) is 4.82. The van der Waals surface area contributed by atoms with Gasteiger partial charge in [-0.3, -0.25) is 4.90 Å². The average molecular weight is 287 g/mol. The fraction of sp³-hybridized carbons (Fsp3) is 0.700. The summed E-state index contributed by atoms with van der Waals surface area (Å²) in [6, 6.07) is -0.344. The van der Waals surface area contributed by atoms with Gasteiger partial charge in [0.05, 0.1) is 24.2 Å². The van der Waals surface area contributed by atoms with Crippen LogP contribution in [0.1, 0.15) is 30.6 Å². The molecule has 0 radical (unpaired) electrons. The largest absolute Gasteiger partial charge is 0.401 e. The van der Waals surface area contributed by atoms with Crippen LogP contribution in [0.4, 0.5) is 13.2 Å². The summed E-state index contributed by atoms with van der Waals surface area (Å²) in [6.07, 6.45) is -4.18. The van der Waals surface area contributed by atoms with Crippen molar-refractivity contribution in [3.05, 3.63) is 16.1 Å². The Morgan fingerprint density at radius 1 is 1.53 bits per heavy atom. The lowest BCUT2D eigenvalue weighted by molar-refractivity contribution is -0.150. The van der Waals surface area contributed by atoms with E-state index in [0.717, 1.165) is 0 Å². The van der Waals surface area contributed by atoms with Crippen molar-refractivity contribution in [2.75, 3.05) is 13.1 Å². The lowest BCUT2D eigenvalue weighted by atomic mass is 10.3. The Kier molecular flexibility index (Phi) is 5.22. The summed E-state index contributed by atoms with van der Waals surface area (Å²) in [5.41, 5.74) is 0.710. The fourth-order valence-corrected chi connectivity index (χ4v) is 2.62. The molecule has 2 nitrogen and oxygen atoms in total. The van der Waals surface area contributed by atoms with E-state index < -0.39 is 12.7 Å². The normalized spacial score (nSPS) is 14.3. The molecule has 0 aliphatic rings. The van der Waals surface area contributed by atoms with E-state index >= 15 is 0 Å². The molecule has 0 aliphatic heterocycles. The van der Waals surface area contributed by atoms with E-state index in [0.29, 0.717) is 17.2 Å². The number of nitrogens with zero attached hydrogens (tertiary/aromatic N) is 2. The minimum atomic E-state index is -4.18. The SMILES string of the molecule is CCN(CC(F)(F)F)C(C)c1nc(CCl)cs1. The van der Waals surface area contributed by atoms with E-state index in [9.17, 15) is 13.2 Å². The Balaban J connectivity index is 2.75. The molecule has 0 N–H and O–H groups in total. The van der Waals surface area contributed by atoms with Gasteiger partial charge in [-0.25, -0.2) is 4.98 Å². The standard InChI is InChI=1S/C10H14ClF3N2S/c1-3-16(6-10(12,13)14)7(2)9-15-8(4-11)5-17-9/h5,7H,3-4,6H2,1-2H3. The molecule has 98 valence electrons. The fourth-order valence-electron chi connectivity index (χ4n) is 1.48. The second-order valence-electron chi connectivity index (χ2n) is 3.66. The van der Waals surface area contributed by atoms with Crippen molar-refractivity contribution in [2.45, 2.75) is 31.9 Å². The predicted molar refractivity (Wildman–Crippen MR) is 63.4 cm³/mol. The van der Waals surface area contributed by atoms with Gasteiger partial charge in [-0.05, 0) is 13.5 Å².